The third-order valence-corrected chi connectivity index (χ3v) is 6.17. The van der Waals surface area contributed by atoms with E-state index in [1.54, 1.807) is 0 Å². The van der Waals surface area contributed by atoms with Crippen molar-refractivity contribution in [2.75, 3.05) is 0 Å². The third-order valence-electron chi connectivity index (χ3n) is 4.84. The summed E-state index contributed by atoms with van der Waals surface area (Å²) in [5.74, 6) is 1.71. The molecule has 1 unspecified atom stereocenters. The number of thioether (sulfide) groups is 1. The van der Waals surface area contributed by atoms with Crippen LogP contribution < -0.4 is 5.32 Å². The quantitative estimate of drug-likeness (QED) is 0.654. The van der Waals surface area contributed by atoms with E-state index in [0.717, 1.165) is 23.7 Å². The van der Waals surface area contributed by atoms with Crippen LogP contribution in [0.3, 0.4) is 0 Å². The van der Waals surface area contributed by atoms with Gasteiger partial charge in [0.2, 0.25) is 11.1 Å². The van der Waals surface area contributed by atoms with Crippen LogP contribution in [0.4, 0.5) is 0 Å². The van der Waals surface area contributed by atoms with Gasteiger partial charge in [-0.2, -0.15) is 0 Å². The van der Waals surface area contributed by atoms with Crippen LogP contribution >= 0.6 is 23.4 Å². The molecular weight excluding hydrogens is 368 g/mol. The highest BCUT2D eigenvalue weighted by molar-refractivity contribution is 8.00. The Morgan fingerprint density at radius 1 is 1.38 bits per heavy atom. The van der Waals surface area contributed by atoms with Gasteiger partial charge in [-0.1, -0.05) is 67.2 Å². The Balaban J connectivity index is 1.44. The molecule has 2 N–H and O–H groups in total. The number of hydrogen-bond donors (Lipinski definition) is 2. The predicted molar refractivity (Wildman–Crippen MR) is 105 cm³/mol. The third kappa shape index (κ3) is 5.48. The fourth-order valence-corrected chi connectivity index (χ4v) is 4.23. The van der Waals surface area contributed by atoms with E-state index in [-0.39, 0.29) is 11.2 Å². The fourth-order valence-electron chi connectivity index (χ4n) is 3.26. The number of amides is 1. The van der Waals surface area contributed by atoms with E-state index in [9.17, 15) is 4.79 Å². The molecule has 2 aromatic rings. The number of hydrogen-bond acceptors (Lipinski definition) is 4. The highest BCUT2D eigenvalue weighted by Gasteiger charge is 2.18. The number of carbonyl (C=O) groups excluding carboxylic acids is 1. The molecular formula is C19H25ClN4OS. The molecule has 1 atom stereocenters. The van der Waals surface area contributed by atoms with E-state index >= 15 is 0 Å². The van der Waals surface area contributed by atoms with E-state index in [0.29, 0.717) is 16.7 Å². The summed E-state index contributed by atoms with van der Waals surface area (Å²) in [5, 5.41) is 11.2. The van der Waals surface area contributed by atoms with Crippen molar-refractivity contribution in [3.63, 3.8) is 0 Å². The molecule has 0 spiro atoms. The molecule has 0 radical (unpaired) electrons. The van der Waals surface area contributed by atoms with Crippen molar-refractivity contribution in [3.05, 3.63) is 40.7 Å². The first-order valence-electron chi connectivity index (χ1n) is 9.21. The molecule has 1 fully saturated rings. The molecule has 1 heterocycles. The zero-order valence-electron chi connectivity index (χ0n) is 15.0. The molecule has 0 aliphatic heterocycles. The summed E-state index contributed by atoms with van der Waals surface area (Å²) in [6.07, 6.45) is 7.53. The van der Waals surface area contributed by atoms with Crippen molar-refractivity contribution in [1.29, 1.82) is 0 Å². The molecule has 1 amide bonds. The summed E-state index contributed by atoms with van der Waals surface area (Å²) in [5.41, 5.74) is 0.909. The number of nitrogens with zero attached hydrogens (tertiary/aromatic N) is 2. The minimum Gasteiger partial charge on any atom is -0.351 e. The van der Waals surface area contributed by atoms with Gasteiger partial charge >= 0.3 is 0 Å². The Bertz CT molecular complexity index is 730. The maximum atomic E-state index is 12.3. The molecule has 140 valence electrons. The predicted octanol–water partition coefficient (Wildman–Crippen LogP) is 4.38. The van der Waals surface area contributed by atoms with Gasteiger partial charge in [-0.25, -0.2) is 4.98 Å². The average Bonchev–Trinajstić information content (AvgIpc) is 3.30. The number of H-pyrrole nitrogens is 1. The number of nitrogens with one attached hydrogen (secondary N) is 2. The lowest BCUT2D eigenvalue weighted by atomic mass is 10.0. The SMILES string of the molecule is CC(Sc1n[nH]c(CCC2CCCC2)n1)C(=O)NCc1ccccc1Cl. The van der Waals surface area contributed by atoms with Gasteiger partial charge < -0.3 is 5.32 Å². The number of rotatable bonds is 8. The maximum Gasteiger partial charge on any atom is 0.233 e. The molecule has 7 heteroatoms. The number of carbonyl (C=O) groups is 1. The minimum absolute atomic E-state index is 0.0489. The molecule has 1 aromatic carbocycles. The fraction of sp³-hybridized carbons (Fsp3) is 0.526. The van der Waals surface area contributed by atoms with E-state index < -0.39 is 0 Å². The summed E-state index contributed by atoms with van der Waals surface area (Å²) in [6.45, 7) is 2.28. The highest BCUT2D eigenvalue weighted by atomic mass is 35.5. The first kappa shape index (κ1) is 19.2. The van der Waals surface area contributed by atoms with Crippen LogP contribution in [0, 0.1) is 5.92 Å². The summed E-state index contributed by atoms with van der Waals surface area (Å²) >= 11 is 7.49. The maximum absolute atomic E-state index is 12.3. The lowest BCUT2D eigenvalue weighted by molar-refractivity contribution is -0.120. The minimum atomic E-state index is -0.268. The van der Waals surface area contributed by atoms with Crippen LogP contribution in [0.15, 0.2) is 29.4 Å². The average molecular weight is 393 g/mol. The number of halogens is 1. The molecule has 1 aliphatic rings. The molecule has 1 saturated carbocycles. The van der Waals surface area contributed by atoms with Crippen LogP contribution in [0.25, 0.3) is 0 Å². The second-order valence-electron chi connectivity index (χ2n) is 6.82. The Morgan fingerprint density at radius 3 is 2.92 bits per heavy atom. The summed E-state index contributed by atoms with van der Waals surface area (Å²) < 4.78 is 0. The van der Waals surface area contributed by atoms with E-state index in [1.807, 2.05) is 31.2 Å². The van der Waals surface area contributed by atoms with E-state index in [1.165, 1.54) is 43.9 Å². The zero-order chi connectivity index (χ0) is 18.4. The van der Waals surface area contributed by atoms with Gasteiger partial charge in [0, 0.05) is 18.0 Å². The molecule has 1 aromatic heterocycles. The molecule has 5 nitrogen and oxygen atoms in total. The lowest BCUT2D eigenvalue weighted by Gasteiger charge is -2.11. The van der Waals surface area contributed by atoms with Crippen molar-refractivity contribution in [1.82, 2.24) is 20.5 Å². The largest absolute Gasteiger partial charge is 0.351 e. The standard InChI is InChI=1S/C19H25ClN4OS/c1-13(18(25)21-12-15-8-4-5-9-16(15)20)26-19-22-17(23-24-19)11-10-14-6-2-3-7-14/h4-5,8-9,13-14H,2-3,6-7,10-12H2,1H3,(H,21,25)(H,22,23,24). The van der Waals surface area contributed by atoms with Crippen LogP contribution in [-0.2, 0) is 17.8 Å². The van der Waals surface area contributed by atoms with Crippen molar-refractivity contribution >= 4 is 29.3 Å². The first-order valence-corrected chi connectivity index (χ1v) is 10.5. The molecule has 0 saturated heterocycles. The second-order valence-corrected chi connectivity index (χ2v) is 8.54. The van der Waals surface area contributed by atoms with Gasteiger partial charge in [0.25, 0.3) is 0 Å². The van der Waals surface area contributed by atoms with Gasteiger partial charge in [-0.3, -0.25) is 9.89 Å². The monoisotopic (exact) mass is 392 g/mol. The smallest absolute Gasteiger partial charge is 0.233 e. The number of aryl methyl sites for hydroxylation is 1. The Hall–Kier alpha value is -1.53. The summed E-state index contributed by atoms with van der Waals surface area (Å²) in [7, 11) is 0. The van der Waals surface area contributed by atoms with Gasteiger partial charge in [0.1, 0.15) is 5.82 Å². The van der Waals surface area contributed by atoms with Crippen LogP contribution in [0.2, 0.25) is 5.02 Å². The van der Waals surface area contributed by atoms with Gasteiger partial charge in [0.15, 0.2) is 0 Å². The van der Waals surface area contributed by atoms with Crippen molar-refractivity contribution in [2.24, 2.45) is 5.92 Å². The van der Waals surface area contributed by atoms with Gasteiger partial charge in [-0.05, 0) is 30.9 Å². The number of benzene rings is 1. The first-order chi connectivity index (χ1) is 12.6. The zero-order valence-corrected chi connectivity index (χ0v) is 16.6. The summed E-state index contributed by atoms with van der Waals surface area (Å²) in [6, 6.07) is 7.51. The van der Waals surface area contributed by atoms with Crippen molar-refractivity contribution < 1.29 is 4.79 Å². The second kappa shape index (κ2) is 9.42. The van der Waals surface area contributed by atoms with Crippen LogP contribution in [-0.4, -0.2) is 26.3 Å². The lowest BCUT2D eigenvalue weighted by Crippen LogP contribution is -2.30. The molecule has 1 aliphatic carbocycles. The van der Waals surface area contributed by atoms with Crippen molar-refractivity contribution in [2.45, 2.75) is 62.4 Å². The van der Waals surface area contributed by atoms with Gasteiger partial charge in [0.05, 0.1) is 5.25 Å². The summed E-state index contributed by atoms with van der Waals surface area (Å²) in [4.78, 5) is 16.8. The van der Waals surface area contributed by atoms with E-state index in [4.69, 9.17) is 11.6 Å². The van der Waals surface area contributed by atoms with E-state index in [2.05, 4.69) is 20.5 Å². The molecule has 0 bridgehead atoms. The topological polar surface area (TPSA) is 70.7 Å². The Labute approximate surface area is 163 Å². The van der Waals surface area contributed by atoms with Gasteiger partial charge in [-0.15, -0.1) is 5.10 Å². The number of aromatic amines is 1. The Morgan fingerprint density at radius 2 is 2.15 bits per heavy atom. The highest BCUT2D eigenvalue weighted by Crippen LogP contribution is 2.28. The molecule has 26 heavy (non-hydrogen) atoms. The van der Waals surface area contributed by atoms with Crippen molar-refractivity contribution in [3.8, 4) is 0 Å². The Kier molecular flexibility index (Phi) is 6.97. The normalized spacial score (nSPS) is 15.9. The van der Waals surface area contributed by atoms with Crippen LogP contribution in [0.1, 0.15) is 50.4 Å². The van der Waals surface area contributed by atoms with Crippen LogP contribution in [0.5, 0.6) is 0 Å². The molecule has 3 rings (SSSR count). The number of aromatic nitrogens is 3.